The Hall–Kier alpha value is -8.46. The van der Waals surface area contributed by atoms with Crippen molar-refractivity contribution in [3.63, 3.8) is 0 Å². The maximum atomic E-state index is 6.75. The third kappa shape index (κ3) is 5.67. The van der Waals surface area contributed by atoms with Crippen LogP contribution in [0, 0.1) is 0 Å². The van der Waals surface area contributed by atoms with Crippen molar-refractivity contribution in [2.75, 3.05) is 4.90 Å². The van der Waals surface area contributed by atoms with Crippen molar-refractivity contribution >= 4 is 60.5 Å². The molecule has 0 unspecified atom stereocenters. The topological polar surface area (TPSA) is 16.4 Å². The quantitative estimate of drug-likeness (QED) is 0.149. The number of hydrogen-bond acceptors (Lipinski definition) is 2. The van der Waals surface area contributed by atoms with E-state index < -0.39 is 5.41 Å². The highest BCUT2D eigenvalue weighted by Crippen LogP contribution is 2.57. The number of nitrogens with zero attached hydrogens (tertiary/aromatic N) is 1. The van der Waals surface area contributed by atoms with Crippen LogP contribution in [0.25, 0.3) is 76.9 Å². The zero-order chi connectivity index (χ0) is 42.9. The molecular formula is C63H41NO. The molecule has 0 N–H and O–H groups in total. The summed E-state index contributed by atoms with van der Waals surface area (Å²) < 4.78 is 6.75. The second-order valence-corrected chi connectivity index (χ2v) is 17.1. The SMILES string of the molecule is c1ccc(-c2ccc3oc4cccc(N(c5cccc(C6(c7ccccc7)c7ccccc7-c7ccccc76)c5)c5ccccc5-c5cccc6c5ccc5ccccc56)c4c3c2)cc1. The number of anilines is 3. The van der Waals surface area contributed by atoms with Crippen molar-refractivity contribution in [3.05, 3.63) is 271 Å². The molecule has 1 aliphatic rings. The summed E-state index contributed by atoms with van der Waals surface area (Å²) in [5.41, 5.74) is 16.5. The van der Waals surface area contributed by atoms with Gasteiger partial charge >= 0.3 is 0 Å². The molecule has 1 heterocycles. The van der Waals surface area contributed by atoms with E-state index in [-0.39, 0.29) is 0 Å². The van der Waals surface area contributed by atoms with Crippen LogP contribution in [0.5, 0.6) is 0 Å². The summed E-state index contributed by atoms with van der Waals surface area (Å²) >= 11 is 0. The molecule has 0 fully saturated rings. The fraction of sp³-hybridized carbons (Fsp3) is 0.0159. The third-order valence-electron chi connectivity index (χ3n) is 13.7. The van der Waals surface area contributed by atoms with Crippen molar-refractivity contribution in [1.29, 1.82) is 0 Å². The van der Waals surface area contributed by atoms with E-state index in [9.17, 15) is 0 Å². The molecule has 0 saturated heterocycles. The molecular weight excluding hydrogens is 787 g/mol. The van der Waals surface area contributed by atoms with E-state index in [2.05, 4.69) is 254 Å². The Morgan fingerprint density at radius 2 is 0.938 bits per heavy atom. The molecule has 304 valence electrons. The summed E-state index contributed by atoms with van der Waals surface area (Å²) in [5.74, 6) is 0. The van der Waals surface area contributed by atoms with E-state index in [4.69, 9.17) is 4.42 Å². The smallest absolute Gasteiger partial charge is 0.137 e. The van der Waals surface area contributed by atoms with Crippen molar-refractivity contribution in [1.82, 2.24) is 0 Å². The number of hydrogen-bond donors (Lipinski definition) is 0. The van der Waals surface area contributed by atoms with Crippen LogP contribution in [-0.4, -0.2) is 0 Å². The Kier molecular flexibility index (Phi) is 8.47. The molecule has 0 aliphatic heterocycles. The maximum Gasteiger partial charge on any atom is 0.137 e. The van der Waals surface area contributed by atoms with Gasteiger partial charge in [-0.05, 0) is 114 Å². The van der Waals surface area contributed by atoms with E-state index in [0.717, 1.165) is 50.1 Å². The maximum absolute atomic E-state index is 6.75. The zero-order valence-electron chi connectivity index (χ0n) is 35.5. The molecule has 0 atom stereocenters. The van der Waals surface area contributed by atoms with Crippen LogP contribution in [0.3, 0.4) is 0 Å². The first-order valence-electron chi connectivity index (χ1n) is 22.4. The Labute approximate surface area is 377 Å². The van der Waals surface area contributed by atoms with Crippen molar-refractivity contribution < 1.29 is 4.42 Å². The zero-order valence-corrected chi connectivity index (χ0v) is 35.5. The van der Waals surface area contributed by atoms with Crippen molar-refractivity contribution in [3.8, 4) is 33.4 Å². The Bertz CT molecular complexity index is 3740. The predicted molar refractivity (Wildman–Crippen MR) is 272 cm³/mol. The second-order valence-electron chi connectivity index (χ2n) is 17.1. The van der Waals surface area contributed by atoms with Gasteiger partial charge in [0.25, 0.3) is 0 Å². The van der Waals surface area contributed by atoms with Crippen LogP contribution in [0.4, 0.5) is 17.1 Å². The van der Waals surface area contributed by atoms with E-state index in [0.29, 0.717) is 0 Å². The molecule has 65 heavy (non-hydrogen) atoms. The normalized spacial score (nSPS) is 12.7. The van der Waals surface area contributed by atoms with Crippen molar-refractivity contribution in [2.24, 2.45) is 0 Å². The molecule has 13 rings (SSSR count). The highest BCUT2D eigenvalue weighted by molar-refractivity contribution is 6.16. The van der Waals surface area contributed by atoms with Crippen molar-refractivity contribution in [2.45, 2.75) is 5.41 Å². The highest BCUT2D eigenvalue weighted by atomic mass is 16.3. The fourth-order valence-electron chi connectivity index (χ4n) is 11.0. The van der Waals surface area contributed by atoms with Crippen LogP contribution >= 0.6 is 0 Å². The van der Waals surface area contributed by atoms with E-state index in [1.807, 2.05) is 0 Å². The predicted octanol–water partition coefficient (Wildman–Crippen LogP) is 17.1. The molecule has 0 saturated carbocycles. The number of para-hydroxylation sites is 1. The van der Waals surface area contributed by atoms with Gasteiger partial charge in [-0.15, -0.1) is 0 Å². The summed E-state index contributed by atoms with van der Waals surface area (Å²) in [4.78, 5) is 2.48. The minimum Gasteiger partial charge on any atom is -0.456 e. The average Bonchev–Trinajstić information content (AvgIpc) is 3.91. The lowest BCUT2D eigenvalue weighted by Gasteiger charge is -2.35. The van der Waals surface area contributed by atoms with Gasteiger partial charge in [-0.25, -0.2) is 0 Å². The number of furan rings is 1. The van der Waals surface area contributed by atoms with Gasteiger partial charge in [0.15, 0.2) is 0 Å². The minimum atomic E-state index is -0.564. The fourth-order valence-corrected chi connectivity index (χ4v) is 11.0. The Morgan fingerprint density at radius 1 is 0.323 bits per heavy atom. The van der Waals surface area contributed by atoms with Gasteiger partial charge < -0.3 is 9.32 Å². The highest BCUT2D eigenvalue weighted by Gasteiger charge is 2.46. The molecule has 12 aromatic rings. The Morgan fingerprint density at radius 3 is 1.75 bits per heavy atom. The van der Waals surface area contributed by atoms with Gasteiger partial charge in [-0.3, -0.25) is 0 Å². The number of benzene rings is 11. The van der Waals surface area contributed by atoms with Gasteiger partial charge in [-0.2, -0.15) is 0 Å². The van der Waals surface area contributed by atoms with E-state index >= 15 is 0 Å². The van der Waals surface area contributed by atoms with Gasteiger partial charge in [0.1, 0.15) is 11.2 Å². The summed E-state index contributed by atoms with van der Waals surface area (Å²) in [6.45, 7) is 0. The van der Waals surface area contributed by atoms with E-state index in [1.165, 1.54) is 66.1 Å². The molecule has 0 amide bonds. The summed E-state index contributed by atoms with van der Waals surface area (Å²) in [7, 11) is 0. The van der Waals surface area contributed by atoms with Crippen LogP contribution in [0.2, 0.25) is 0 Å². The number of fused-ring (bicyclic) bond motifs is 9. The van der Waals surface area contributed by atoms with E-state index in [1.54, 1.807) is 0 Å². The average molecular weight is 828 g/mol. The molecule has 11 aromatic carbocycles. The molecule has 2 heteroatoms. The lowest BCUT2D eigenvalue weighted by atomic mass is 9.67. The van der Waals surface area contributed by atoms with Crippen LogP contribution in [0.1, 0.15) is 22.3 Å². The molecule has 0 spiro atoms. The van der Waals surface area contributed by atoms with Gasteiger partial charge in [0.05, 0.1) is 22.2 Å². The molecule has 0 bridgehead atoms. The van der Waals surface area contributed by atoms with Crippen LogP contribution in [0.15, 0.2) is 253 Å². The second kappa shape index (κ2) is 14.8. The molecule has 1 aromatic heterocycles. The summed E-state index contributed by atoms with van der Waals surface area (Å²) in [5, 5.41) is 7.09. The van der Waals surface area contributed by atoms with Crippen LogP contribution in [-0.2, 0) is 5.41 Å². The van der Waals surface area contributed by atoms with Gasteiger partial charge in [0.2, 0.25) is 0 Å². The first kappa shape index (κ1) is 37.1. The molecule has 1 aliphatic carbocycles. The van der Waals surface area contributed by atoms with Gasteiger partial charge in [0, 0.05) is 16.6 Å². The Balaban J connectivity index is 1.11. The lowest BCUT2D eigenvalue weighted by molar-refractivity contribution is 0.669. The van der Waals surface area contributed by atoms with Crippen LogP contribution < -0.4 is 4.90 Å². The summed E-state index contributed by atoms with van der Waals surface area (Å²) in [6, 6.07) is 90.9. The third-order valence-corrected chi connectivity index (χ3v) is 13.7. The lowest BCUT2D eigenvalue weighted by Crippen LogP contribution is -2.28. The molecule has 0 radical (unpaired) electrons. The largest absolute Gasteiger partial charge is 0.456 e. The summed E-state index contributed by atoms with van der Waals surface area (Å²) in [6.07, 6.45) is 0. The monoisotopic (exact) mass is 827 g/mol. The van der Waals surface area contributed by atoms with Gasteiger partial charge in [-0.1, -0.05) is 206 Å². The first-order valence-corrected chi connectivity index (χ1v) is 22.4. The number of rotatable bonds is 7. The standard InChI is InChI=1S/C63H41NO/c1-3-18-42(19-4-1)44-37-39-60-55(40-44)62-59(34-17-35-61(62)65-60)64(58-33-14-11-28-54(58)50-30-16-29-49-48-25-8-7-20-43(48)36-38-51(49)50)47-24-15-23-46(41-47)63(45-21-5-2-6-22-45)56-31-12-9-26-52(56)53-27-10-13-32-57(53)63/h1-41H. The molecule has 2 nitrogen and oxygen atoms in total. The first-order chi connectivity index (χ1) is 32.3. The minimum absolute atomic E-state index is 0.564.